The molecule has 3 rings (SSSR count). The molecule has 0 N–H and O–H groups in total. The highest BCUT2D eigenvalue weighted by Crippen LogP contribution is 2.24. The molecule has 0 aliphatic heterocycles. The normalized spacial score (nSPS) is 11.3. The van der Waals surface area contributed by atoms with E-state index in [1.807, 2.05) is 6.08 Å². The maximum atomic E-state index is 3.85. The quantitative estimate of drug-likeness (QED) is 0.462. The van der Waals surface area contributed by atoms with Crippen molar-refractivity contribution < 1.29 is 4.57 Å². The molecule has 0 bridgehead atoms. The highest BCUT2D eigenvalue weighted by Gasteiger charge is 2.18. The maximum Gasteiger partial charge on any atom is 0.249 e. The van der Waals surface area contributed by atoms with Crippen molar-refractivity contribution in [1.82, 2.24) is 4.57 Å². The average Bonchev–Trinajstić information content (AvgIpc) is 3.05. The van der Waals surface area contributed by atoms with Crippen LogP contribution in [-0.4, -0.2) is 4.57 Å². The Morgan fingerprint density at radius 1 is 0.926 bits per heavy atom. The molecule has 0 spiro atoms. The van der Waals surface area contributed by atoms with Crippen LogP contribution in [-0.2, 0) is 13.0 Å². The summed E-state index contributed by atoms with van der Waals surface area (Å²) >= 11 is 0. The van der Waals surface area contributed by atoms with Gasteiger partial charge in [0.05, 0.1) is 6.54 Å². The van der Waals surface area contributed by atoms with Gasteiger partial charge in [-0.1, -0.05) is 64.6 Å². The fraction of sp³-hybridized carbons (Fsp3) is 0.320. The Hall–Kier alpha value is -2.61. The summed E-state index contributed by atoms with van der Waals surface area (Å²) in [5, 5.41) is 0. The Labute approximate surface area is 163 Å². The van der Waals surface area contributed by atoms with E-state index in [-0.39, 0.29) is 0 Å². The molecule has 0 unspecified atom stereocenters. The molecule has 0 amide bonds. The van der Waals surface area contributed by atoms with Crippen molar-refractivity contribution in [1.29, 1.82) is 0 Å². The number of nitrogens with zero attached hydrogens (tertiary/aromatic N) is 2. The van der Waals surface area contributed by atoms with Gasteiger partial charge in [-0.15, -0.1) is 0 Å². The third-order valence-corrected chi connectivity index (χ3v) is 4.69. The molecule has 27 heavy (non-hydrogen) atoms. The van der Waals surface area contributed by atoms with Crippen LogP contribution in [0.3, 0.4) is 0 Å². The molecule has 0 fully saturated rings. The van der Waals surface area contributed by atoms with Gasteiger partial charge in [0.25, 0.3) is 0 Å². The summed E-state index contributed by atoms with van der Waals surface area (Å²) in [7, 11) is 0. The minimum atomic E-state index is 0.607. The van der Waals surface area contributed by atoms with Gasteiger partial charge < -0.3 is 0 Å². The summed E-state index contributed by atoms with van der Waals surface area (Å²) in [6, 6.07) is 17.6. The van der Waals surface area contributed by atoms with E-state index in [1.165, 1.54) is 22.5 Å². The van der Waals surface area contributed by atoms with Crippen molar-refractivity contribution in [2.24, 2.45) is 11.8 Å². The second-order valence-electron chi connectivity index (χ2n) is 8.18. The van der Waals surface area contributed by atoms with Crippen molar-refractivity contribution in [3.63, 3.8) is 0 Å². The molecule has 0 aliphatic rings. The monoisotopic (exact) mass is 359 g/mol. The van der Waals surface area contributed by atoms with Gasteiger partial charge in [-0.3, -0.25) is 0 Å². The molecule has 1 aromatic heterocycles. The first-order chi connectivity index (χ1) is 13.0. The fourth-order valence-corrected chi connectivity index (χ4v) is 3.46. The Morgan fingerprint density at radius 3 is 2.15 bits per heavy atom. The summed E-state index contributed by atoms with van der Waals surface area (Å²) in [6.45, 7) is 13.9. The van der Waals surface area contributed by atoms with E-state index >= 15 is 0 Å². The Bertz CT molecular complexity index is 881. The standard InChI is InChI=1S/C25H31N2/c1-6-21-7-11-23(12-8-21)25-17-26(16-20(4)5)18-27(25)24-13-9-22(10-14-24)15-19(2)3/h6-14,17-20H,1,15-16H2,2-5H3/q+1. The number of benzene rings is 2. The third kappa shape index (κ3) is 4.77. The van der Waals surface area contributed by atoms with Gasteiger partial charge >= 0.3 is 0 Å². The van der Waals surface area contributed by atoms with Crippen molar-refractivity contribution in [2.75, 3.05) is 0 Å². The first-order valence-corrected chi connectivity index (χ1v) is 9.90. The molecule has 0 aliphatic carbocycles. The minimum absolute atomic E-state index is 0.607. The molecule has 0 radical (unpaired) electrons. The van der Waals surface area contributed by atoms with Crippen molar-refractivity contribution in [3.8, 4) is 16.9 Å². The molecule has 2 nitrogen and oxygen atoms in total. The summed E-state index contributed by atoms with van der Waals surface area (Å²) in [5.74, 6) is 1.28. The molecule has 0 saturated heterocycles. The molecular weight excluding hydrogens is 328 g/mol. The lowest BCUT2D eigenvalue weighted by Crippen LogP contribution is -2.33. The zero-order chi connectivity index (χ0) is 19.4. The molecule has 1 heterocycles. The van der Waals surface area contributed by atoms with Crippen molar-refractivity contribution in [2.45, 2.75) is 40.7 Å². The van der Waals surface area contributed by atoms with Gasteiger partial charge in [0, 0.05) is 5.56 Å². The fourth-order valence-electron chi connectivity index (χ4n) is 3.46. The predicted molar refractivity (Wildman–Crippen MR) is 115 cm³/mol. The van der Waals surface area contributed by atoms with E-state index in [4.69, 9.17) is 0 Å². The van der Waals surface area contributed by atoms with Gasteiger partial charge in [-0.05, 0) is 53.6 Å². The van der Waals surface area contributed by atoms with Crippen LogP contribution < -0.4 is 4.57 Å². The van der Waals surface area contributed by atoms with Gasteiger partial charge in [0.2, 0.25) is 6.33 Å². The maximum absolute atomic E-state index is 3.85. The summed E-state index contributed by atoms with van der Waals surface area (Å²) in [4.78, 5) is 0. The van der Waals surface area contributed by atoms with E-state index in [2.05, 4.69) is 104 Å². The Balaban J connectivity index is 2.01. The summed E-state index contributed by atoms with van der Waals surface area (Å²) in [5.41, 5.74) is 6.17. The zero-order valence-corrected chi connectivity index (χ0v) is 17.0. The van der Waals surface area contributed by atoms with Crippen LogP contribution in [0.1, 0.15) is 38.8 Å². The number of hydrogen-bond donors (Lipinski definition) is 0. The van der Waals surface area contributed by atoms with Gasteiger partial charge in [-0.2, -0.15) is 4.57 Å². The predicted octanol–water partition coefficient (Wildman–Crippen LogP) is 5.93. The van der Waals surface area contributed by atoms with Crippen molar-refractivity contribution >= 4 is 6.08 Å². The van der Waals surface area contributed by atoms with E-state index in [9.17, 15) is 0 Å². The first-order valence-electron chi connectivity index (χ1n) is 9.90. The smallest absolute Gasteiger partial charge is 0.236 e. The van der Waals surface area contributed by atoms with E-state index in [1.54, 1.807) is 0 Å². The second kappa shape index (κ2) is 8.39. The van der Waals surface area contributed by atoms with Gasteiger partial charge in [-0.25, -0.2) is 4.57 Å². The lowest BCUT2D eigenvalue weighted by Gasteiger charge is -2.06. The summed E-state index contributed by atoms with van der Waals surface area (Å²) < 4.78 is 4.59. The van der Waals surface area contributed by atoms with Crippen LogP contribution in [0.25, 0.3) is 23.0 Å². The number of hydrogen-bond acceptors (Lipinski definition) is 0. The summed E-state index contributed by atoms with van der Waals surface area (Å²) in [6.07, 6.45) is 7.48. The number of rotatable bonds is 7. The largest absolute Gasteiger partial charge is 0.249 e. The second-order valence-corrected chi connectivity index (χ2v) is 8.18. The average molecular weight is 360 g/mol. The van der Waals surface area contributed by atoms with Gasteiger partial charge in [0.1, 0.15) is 11.9 Å². The van der Waals surface area contributed by atoms with Crippen LogP contribution in [0.15, 0.2) is 67.6 Å². The van der Waals surface area contributed by atoms with E-state index < -0.39 is 0 Å². The molecule has 2 heteroatoms. The molecule has 0 atom stereocenters. The molecule has 140 valence electrons. The number of imidazole rings is 1. The minimum Gasteiger partial charge on any atom is -0.236 e. The molecular formula is C25H31N2+. The van der Waals surface area contributed by atoms with Crippen LogP contribution in [0.2, 0.25) is 0 Å². The first kappa shape index (κ1) is 19.2. The topological polar surface area (TPSA) is 8.81 Å². The Kier molecular flexibility index (Phi) is 5.95. The highest BCUT2D eigenvalue weighted by atomic mass is 15.1. The number of aromatic nitrogens is 2. The van der Waals surface area contributed by atoms with Crippen LogP contribution in [0.4, 0.5) is 0 Å². The lowest BCUT2D eigenvalue weighted by molar-refractivity contribution is -0.701. The third-order valence-electron chi connectivity index (χ3n) is 4.69. The van der Waals surface area contributed by atoms with Crippen LogP contribution in [0, 0.1) is 11.8 Å². The molecule has 2 aromatic carbocycles. The highest BCUT2D eigenvalue weighted by molar-refractivity contribution is 5.63. The zero-order valence-electron chi connectivity index (χ0n) is 17.0. The van der Waals surface area contributed by atoms with E-state index in [0.717, 1.165) is 18.5 Å². The SMILES string of the molecule is C=Cc1ccc(-c2c[n+](CC(C)C)cn2-c2ccc(CC(C)C)cc2)cc1. The van der Waals surface area contributed by atoms with Crippen molar-refractivity contribution in [3.05, 3.63) is 78.8 Å². The lowest BCUT2D eigenvalue weighted by atomic mass is 10.0. The van der Waals surface area contributed by atoms with Gasteiger partial charge in [0.15, 0.2) is 5.69 Å². The van der Waals surface area contributed by atoms with Crippen LogP contribution >= 0.6 is 0 Å². The Morgan fingerprint density at radius 2 is 1.59 bits per heavy atom. The molecule has 0 saturated carbocycles. The molecule has 3 aromatic rings. The van der Waals surface area contributed by atoms with Crippen LogP contribution in [0.5, 0.6) is 0 Å². The van der Waals surface area contributed by atoms with E-state index in [0.29, 0.717) is 11.8 Å².